The quantitative estimate of drug-likeness (QED) is 0.679. The Hall–Kier alpha value is -1.48. The number of aryl methyl sites for hydroxylation is 1. The third-order valence-electron chi connectivity index (χ3n) is 1.93. The van der Waals surface area contributed by atoms with E-state index in [-0.39, 0.29) is 12.4 Å². The number of fused-ring (bicyclic) bond motifs is 1. The fraction of sp³-hybridized carbons (Fsp3) is 0.100. The Balaban J connectivity index is 0.000000980. The van der Waals surface area contributed by atoms with Crippen LogP contribution in [0.1, 0.15) is 5.56 Å². The molecule has 0 saturated carbocycles. The molecule has 2 N–H and O–H groups in total. The standard InChI is InChI=1S/C10H9NO2.ClH/c1-6-2-3-9-7(4-6)8(11)5-10(12)13-9;/h2-5H,11H2,1H3;1H. The molecule has 4 heteroatoms. The molecule has 2 aromatic rings. The molecule has 1 heterocycles. The molecule has 0 amide bonds. The van der Waals surface area contributed by atoms with E-state index in [2.05, 4.69) is 0 Å². The molecular formula is C10H10ClNO2. The Labute approximate surface area is 86.9 Å². The monoisotopic (exact) mass is 211 g/mol. The average molecular weight is 212 g/mol. The minimum Gasteiger partial charge on any atom is -0.423 e. The summed E-state index contributed by atoms with van der Waals surface area (Å²) in [6, 6.07) is 6.82. The Morgan fingerprint density at radius 3 is 2.71 bits per heavy atom. The van der Waals surface area contributed by atoms with E-state index in [1.807, 2.05) is 19.1 Å². The molecule has 2 rings (SSSR count). The van der Waals surface area contributed by atoms with E-state index in [1.165, 1.54) is 6.07 Å². The molecule has 0 atom stereocenters. The second-order valence-corrected chi connectivity index (χ2v) is 3.02. The Morgan fingerprint density at radius 1 is 1.29 bits per heavy atom. The van der Waals surface area contributed by atoms with Gasteiger partial charge in [-0.3, -0.25) is 0 Å². The molecule has 0 unspecified atom stereocenters. The van der Waals surface area contributed by atoms with E-state index < -0.39 is 5.63 Å². The summed E-state index contributed by atoms with van der Waals surface area (Å²) in [5, 5.41) is 0.791. The Bertz CT molecular complexity index is 519. The van der Waals surface area contributed by atoms with Crippen molar-refractivity contribution in [3.8, 4) is 0 Å². The van der Waals surface area contributed by atoms with Crippen LogP contribution in [0.4, 0.5) is 5.69 Å². The van der Waals surface area contributed by atoms with Crippen molar-refractivity contribution in [2.24, 2.45) is 0 Å². The zero-order valence-electron chi connectivity index (χ0n) is 7.61. The number of rotatable bonds is 0. The number of nitrogen functional groups attached to an aromatic ring is 1. The number of benzene rings is 1. The Kier molecular flexibility index (Phi) is 2.81. The van der Waals surface area contributed by atoms with Crippen molar-refractivity contribution in [1.29, 1.82) is 0 Å². The third-order valence-corrected chi connectivity index (χ3v) is 1.93. The first kappa shape index (κ1) is 10.6. The van der Waals surface area contributed by atoms with Crippen molar-refractivity contribution < 1.29 is 4.42 Å². The third kappa shape index (κ3) is 1.72. The summed E-state index contributed by atoms with van der Waals surface area (Å²) < 4.78 is 4.96. The van der Waals surface area contributed by atoms with Crippen LogP contribution in [-0.2, 0) is 0 Å². The van der Waals surface area contributed by atoms with E-state index in [0.717, 1.165) is 10.9 Å². The van der Waals surface area contributed by atoms with Crippen molar-refractivity contribution in [2.75, 3.05) is 5.73 Å². The number of anilines is 1. The minimum atomic E-state index is -0.408. The van der Waals surface area contributed by atoms with Crippen molar-refractivity contribution in [3.05, 3.63) is 40.2 Å². The zero-order valence-corrected chi connectivity index (χ0v) is 8.43. The molecule has 0 aliphatic carbocycles. The van der Waals surface area contributed by atoms with Crippen LogP contribution in [0.25, 0.3) is 11.0 Å². The molecule has 0 fully saturated rings. The molecule has 0 spiro atoms. The minimum absolute atomic E-state index is 0. The van der Waals surface area contributed by atoms with Gasteiger partial charge in [0.15, 0.2) is 0 Å². The first-order valence-electron chi connectivity index (χ1n) is 3.97. The molecule has 0 radical (unpaired) electrons. The fourth-order valence-corrected chi connectivity index (χ4v) is 1.30. The summed E-state index contributed by atoms with van der Waals surface area (Å²) in [5.74, 6) is 0. The van der Waals surface area contributed by atoms with Crippen LogP contribution in [0.5, 0.6) is 0 Å². The maximum Gasteiger partial charge on any atom is 0.338 e. The van der Waals surface area contributed by atoms with E-state index in [4.69, 9.17) is 10.2 Å². The Morgan fingerprint density at radius 2 is 2.00 bits per heavy atom. The van der Waals surface area contributed by atoms with Crippen LogP contribution >= 0.6 is 12.4 Å². The van der Waals surface area contributed by atoms with Crippen molar-refractivity contribution >= 4 is 29.1 Å². The molecule has 74 valence electrons. The SMILES string of the molecule is Cc1ccc2oc(=O)cc(N)c2c1.Cl. The first-order chi connectivity index (χ1) is 6.16. The van der Waals surface area contributed by atoms with Gasteiger partial charge in [0.1, 0.15) is 5.58 Å². The van der Waals surface area contributed by atoms with Crippen LogP contribution in [0.3, 0.4) is 0 Å². The molecule has 0 aliphatic heterocycles. The smallest absolute Gasteiger partial charge is 0.338 e. The summed E-state index contributed by atoms with van der Waals surface area (Å²) >= 11 is 0. The number of halogens is 1. The van der Waals surface area contributed by atoms with E-state index in [0.29, 0.717) is 11.3 Å². The molecular weight excluding hydrogens is 202 g/mol. The van der Waals surface area contributed by atoms with Gasteiger partial charge >= 0.3 is 5.63 Å². The zero-order chi connectivity index (χ0) is 9.42. The summed E-state index contributed by atoms with van der Waals surface area (Å²) in [7, 11) is 0. The lowest BCUT2D eigenvalue weighted by Crippen LogP contribution is -2.00. The largest absolute Gasteiger partial charge is 0.423 e. The van der Waals surface area contributed by atoms with Gasteiger partial charge in [0.2, 0.25) is 0 Å². The van der Waals surface area contributed by atoms with Gasteiger partial charge in [0.25, 0.3) is 0 Å². The summed E-state index contributed by atoms with van der Waals surface area (Å²) in [4.78, 5) is 10.9. The maximum atomic E-state index is 10.9. The second kappa shape index (κ2) is 3.72. The molecule has 1 aromatic heterocycles. The lowest BCUT2D eigenvalue weighted by atomic mass is 10.1. The highest BCUT2D eigenvalue weighted by Gasteiger charge is 2.01. The highest BCUT2D eigenvalue weighted by atomic mass is 35.5. The van der Waals surface area contributed by atoms with Crippen LogP contribution in [0.15, 0.2) is 33.5 Å². The molecule has 0 bridgehead atoms. The molecule has 14 heavy (non-hydrogen) atoms. The van der Waals surface area contributed by atoms with E-state index >= 15 is 0 Å². The lowest BCUT2D eigenvalue weighted by molar-refractivity contribution is 0.561. The lowest BCUT2D eigenvalue weighted by Gasteiger charge is -2.00. The number of hydrogen-bond acceptors (Lipinski definition) is 3. The van der Waals surface area contributed by atoms with E-state index in [1.54, 1.807) is 6.07 Å². The van der Waals surface area contributed by atoms with Gasteiger partial charge in [-0.05, 0) is 19.1 Å². The fourth-order valence-electron chi connectivity index (χ4n) is 1.30. The van der Waals surface area contributed by atoms with Crippen LogP contribution < -0.4 is 11.4 Å². The highest BCUT2D eigenvalue weighted by Crippen LogP contribution is 2.19. The predicted molar refractivity (Wildman–Crippen MR) is 58.9 cm³/mol. The van der Waals surface area contributed by atoms with Gasteiger partial charge in [-0.15, -0.1) is 12.4 Å². The second-order valence-electron chi connectivity index (χ2n) is 3.02. The molecule has 3 nitrogen and oxygen atoms in total. The highest BCUT2D eigenvalue weighted by molar-refractivity contribution is 5.88. The van der Waals surface area contributed by atoms with Gasteiger partial charge in [-0.1, -0.05) is 11.6 Å². The van der Waals surface area contributed by atoms with Gasteiger partial charge in [-0.25, -0.2) is 4.79 Å². The summed E-state index contributed by atoms with van der Waals surface area (Å²) in [5.41, 5.74) is 7.35. The topological polar surface area (TPSA) is 56.2 Å². The van der Waals surface area contributed by atoms with Crippen molar-refractivity contribution in [2.45, 2.75) is 6.92 Å². The van der Waals surface area contributed by atoms with Crippen molar-refractivity contribution in [1.82, 2.24) is 0 Å². The van der Waals surface area contributed by atoms with Gasteiger partial charge in [-0.2, -0.15) is 0 Å². The van der Waals surface area contributed by atoms with Crippen LogP contribution in [0.2, 0.25) is 0 Å². The van der Waals surface area contributed by atoms with E-state index in [9.17, 15) is 4.79 Å². The van der Waals surface area contributed by atoms with Crippen LogP contribution in [0, 0.1) is 6.92 Å². The average Bonchev–Trinajstić information content (AvgIpc) is 2.06. The number of nitrogens with two attached hydrogens (primary N) is 1. The number of hydrogen-bond donors (Lipinski definition) is 1. The van der Waals surface area contributed by atoms with Gasteiger partial charge in [0, 0.05) is 17.1 Å². The first-order valence-corrected chi connectivity index (χ1v) is 3.97. The predicted octanol–water partition coefficient (Wildman–Crippen LogP) is 2.11. The van der Waals surface area contributed by atoms with Gasteiger partial charge in [0.05, 0.1) is 0 Å². The van der Waals surface area contributed by atoms with Crippen molar-refractivity contribution in [3.63, 3.8) is 0 Å². The molecule has 0 aliphatic rings. The normalized spacial score (nSPS) is 9.79. The molecule has 1 aromatic carbocycles. The van der Waals surface area contributed by atoms with Crippen LogP contribution in [-0.4, -0.2) is 0 Å². The summed E-state index contributed by atoms with van der Waals surface area (Å²) in [6.07, 6.45) is 0. The molecule has 0 saturated heterocycles. The van der Waals surface area contributed by atoms with Gasteiger partial charge < -0.3 is 10.2 Å². The summed E-state index contributed by atoms with van der Waals surface area (Å²) in [6.45, 7) is 1.96. The maximum absolute atomic E-state index is 10.9.